The number of carbonyl (C=O) groups is 4. The molecule has 0 aromatic heterocycles. The van der Waals surface area contributed by atoms with E-state index in [9.17, 15) is 19.2 Å². The molecule has 2 aromatic rings. The molecular formula is C23H24N2O5. The van der Waals surface area contributed by atoms with E-state index >= 15 is 0 Å². The maximum atomic E-state index is 12.4. The highest BCUT2D eigenvalue weighted by molar-refractivity contribution is 6.02. The average Bonchev–Trinajstić information content (AvgIpc) is 3.03. The van der Waals surface area contributed by atoms with Gasteiger partial charge in [-0.15, -0.1) is 0 Å². The molecule has 7 heteroatoms. The van der Waals surface area contributed by atoms with Gasteiger partial charge in [-0.25, -0.2) is 4.79 Å². The number of hydrogen-bond acceptors (Lipinski definition) is 5. The molecule has 1 atom stereocenters. The summed E-state index contributed by atoms with van der Waals surface area (Å²) in [6, 6.07) is 12.1. The zero-order chi connectivity index (χ0) is 21.8. The van der Waals surface area contributed by atoms with Crippen LogP contribution in [-0.2, 0) is 25.7 Å². The topological polar surface area (TPSA) is 92.8 Å². The Morgan fingerprint density at radius 2 is 1.57 bits per heavy atom. The lowest BCUT2D eigenvalue weighted by molar-refractivity contribution is -0.139. The third kappa shape index (κ3) is 4.74. The van der Waals surface area contributed by atoms with Crippen molar-refractivity contribution in [1.29, 1.82) is 0 Å². The van der Waals surface area contributed by atoms with Gasteiger partial charge in [0.2, 0.25) is 11.8 Å². The molecule has 0 bridgehead atoms. The first kappa shape index (κ1) is 21.2. The summed E-state index contributed by atoms with van der Waals surface area (Å²) in [7, 11) is 0. The summed E-state index contributed by atoms with van der Waals surface area (Å²) in [5.41, 5.74) is 3.57. The summed E-state index contributed by atoms with van der Waals surface area (Å²) in [6.45, 7) is 5.48. The Labute approximate surface area is 175 Å². The van der Waals surface area contributed by atoms with Crippen LogP contribution in [0.25, 0.3) is 0 Å². The molecule has 1 aliphatic rings. The Balaban J connectivity index is 1.59. The van der Waals surface area contributed by atoms with E-state index in [0.29, 0.717) is 5.69 Å². The summed E-state index contributed by atoms with van der Waals surface area (Å²) in [6.07, 6.45) is -0.493. The number of likely N-dealkylation sites (tertiary alicyclic amines) is 1. The maximum Gasteiger partial charge on any atom is 0.338 e. The van der Waals surface area contributed by atoms with Gasteiger partial charge in [-0.1, -0.05) is 30.3 Å². The van der Waals surface area contributed by atoms with Crippen molar-refractivity contribution in [3.8, 4) is 0 Å². The fraction of sp³-hybridized carbons (Fsp3) is 0.304. The number of esters is 1. The lowest BCUT2D eigenvalue weighted by Crippen LogP contribution is -2.30. The van der Waals surface area contributed by atoms with E-state index < -0.39 is 18.0 Å². The Hall–Kier alpha value is -3.48. The molecule has 0 aliphatic carbocycles. The summed E-state index contributed by atoms with van der Waals surface area (Å²) < 4.78 is 5.29. The number of imide groups is 1. The predicted molar refractivity (Wildman–Crippen MR) is 111 cm³/mol. The van der Waals surface area contributed by atoms with Gasteiger partial charge < -0.3 is 10.1 Å². The molecule has 0 radical (unpaired) electrons. The maximum absolute atomic E-state index is 12.4. The molecule has 3 amide bonds. The second-order valence-electron chi connectivity index (χ2n) is 7.37. The Morgan fingerprint density at radius 1 is 1.00 bits per heavy atom. The lowest BCUT2D eigenvalue weighted by Gasteiger charge is -2.16. The van der Waals surface area contributed by atoms with Crippen molar-refractivity contribution >= 4 is 29.4 Å². The third-order valence-electron chi connectivity index (χ3n) is 5.07. The van der Waals surface area contributed by atoms with Gasteiger partial charge >= 0.3 is 5.97 Å². The van der Waals surface area contributed by atoms with Gasteiger partial charge in [0.1, 0.15) is 0 Å². The van der Waals surface area contributed by atoms with Crippen LogP contribution in [-0.4, -0.2) is 34.7 Å². The Bertz CT molecular complexity index is 961. The van der Waals surface area contributed by atoms with Crippen LogP contribution in [0.1, 0.15) is 46.8 Å². The van der Waals surface area contributed by atoms with Crippen LogP contribution < -0.4 is 5.32 Å². The van der Waals surface area contributed by atoms with Crippen molar-refractivity contribution in [2.75, 3.05) is 5.32 Å². The van der Waals surface area contributed by atoms with Crippen LogP contribution in [0.4, 0.5) is 5.69 Å². The van der Waals surface area contributed by atoms with Gasteiger partial charge in [-0.05, 0) is 49.6 Å². The summed E-state index contributed by atoms with van der Waals surface area (Å²) in [5, 5.41) is 2.81. The Morgan fingerprint density at radius 3 is 2.13 bits per heavy atom. The highest BCUT2D eigenvalue weighted by Gasteiger charge is 2.28. The number of carbonyl (C=O) groups excluding carboxylic acids is 4. The minimum absolute atomic E-state index is 0.182. The second kappa shape index (κ2) is 8.90. The summed E-state index contributed by atoms with van der Waals surface area (Å²) >= 11 is 0. The molecule has 1 aliphatic heterocycles. The van der Waals surface area contributed by atoms with E-state index in [1.54, 1.807) is 24.3 Å². The van der Waals surface area contributed by atoms with Crippen LogP contribution in [0, 0.1) is 13.8 Å². The van der Waals surface area contributed by atoms with Crippen molar-refractivity contribution < 1.29 is 23.9 Å². The number of amides is 3. The summed E-state index contributed by atoms with van der Waals surface area (Å²) in [4.78, 5) is 49.5. The molecule has 30 heavy (non-hydrogen) atoms. The third-order valence-corrected chi connectivity index (χ3v) is 5.07. The van der Waals surface area contributed by atoms with E-state index in [4.69, 9.17) is 4.74 Å². The van der Waals surface area contributed by atoms with Crippen molar-refractivity contribution in [2.24, 2.45) is 0 Å². The number of para-hydroxylation sites is 1. The van der Waals surface area contributed by atoms with Gasteiger partial charge in [0.15, 0.2) is 6.10 Å². The number of ether oxygens (including phenoxy) is 1. The number of rotatable bonds is 6. The first-order chi connectivity index (χ1) is 14.3. The lowest BCUT2D eigenvalue weighted by atomic mass is 10.1. The number of nitrogens with zero attached hydrogens (tertiary/aromatic N) is 1. The van der Waals surface area contributed by atoms with E-state index in [1.807, 2.05) is 32.0 Å². The van der Waals surface area contributed by atoms with E-state index in [1.165, 1.54) is 11.8 Å². The number of aryl methyl sites for hydroxylation is 2. The molecule has 3 rings (SSSR count). The van der Waals surface area contributed by atoms with Crippen LogP contribution in [0.15, 0.2) is 42.5 Å². The minimum atomic E-state index is -0.976. The molecular weight excluding hydrogens is 384 g/mol. The highest BCUT2D eigenvalue weighted by Crippen LogP contribution is 2.20. The van der Waals surface area contributed by atoms with Gasteiger partial charge in [0.25, 0.3) is 5.91 Å². The molecule has 156 valence electrons. The molecule has 1 saturated heterocycles. The largest absolute Gasteiger partial charge is 0.449 e. The van der Waals surface area contributed by atoms with Gasteiger partial charge in [-0.3, -0.25) is 19.3 Å². The SMILES string of the molecule is Cc1cccc(C)c1NC(=O)C(C)OC(=O)c1ccc(CN2C(=O)CCC2=O)cc1. The molecule has 1 unspecified atom stereocenters. The Kier molecular flexibility index (Phi) is 6.30. The van der Waals surface area contributed by atoms with E-state index in [0.717, 1.165) is 16.7 Å². The highest BCUT2D eigenvalue weighted by atomic mass is 16.5. The van der Waals surface area contributed by atoms with Crippen LogP contribution in [0.5, 0.6) is 0 Å². The van der Waals surface area contributed by atoms with Crippen molar-refractivity contribution in [2.45, 2.75) is 46.3 Å². The fourth-order valence-electron chi connectivity index (χ4n) is 3.25. The molecule has 0 spiro atoms. The second-order valence-corrected chi connectivity index (χ2v) is 7.37. The van der Waals surface area contributed by atoms with Crippen LogP contribution >= 0.6 is 0 Å². The van der Waals surface area contributed by atoms with Crippen molar-refractivity contribution in [3.63, 3.8) is 0 Å². The minimum Gasteiger partial charge on any atom is -0.449 e. The van der Waals surface area contributed by atoms with Crippen LogP contribution in [0.2, 0.25) is 0 Å². The van der Waals surface area contributed by atoms with Crippen molar-refractivity contribution in [1.82, 2.24) is 4.90 Å². The molecule has 0 saturated carbocycles. The van der Waals surface area contributed by atoms with Gasteiger partial charge in [0, 0.05) is 18.5 Å². The molecule has 2 aromatic carbocycles. The van der Waals surface area contributed by atoms with Gasteiger partial charge in [0.05, 0.1) is 12.1 Å². The van der Waals surface area contributed by atoms with Crippen molar-refractivity contribution in [3.05, 3.63) is 64.7 Å². The predicted octanol–water partition coefficient (Wildman–Crippen LogP) is 3.14. The average molecular weight is 408 g/mol. The fourth-order valence-corrected chi connectivity index (χ4v) is 3.25. The molecule has 1 heterocycles. The smallest absolute Gasteiger partial charge is 0.338 e. The number of anilines is 1. The van der Waals surface area contributed by atoms with E-state index in [2.05, 4.69) is 5.32 Å². The summed E-state index contributed by atoms with van der Waals surface area (Å²) in [5.74, 6) is -1.41. The number of nitrogens with one attached hydrogen (secondary N) is 1. The zero-order valence-corrected chi connectivity index (χ0v) is 17.2. The number of benzene rings is 2. The number of hydrogen-bond donors (Lipinski definition) is 1. The first-order valence-corrected chi connectivity index (χ1v) is 9.76. The standard InChI is InChI=1S/C23H24N2O5/c1-14-5-4-6-15(2)21(14)24-22(28)16(3)30-23(29)18-9-7-17(8-10-18)13-25-19(26)11-12-20(25)27/h4-10,16H,11-13H2,1-3H3,(H,24,28). The van der Waals surface area contributed by atoms with E-state index in [-0.39, 0.29) is 36.8 Å². The quantitative estimate of drug-likeness (QED) is 0.586. The molecule has 7 nitrogen and oxygen atoms in total. The first-order valence-electron chi connectivity index (χ1n) is 9.76. The monoisotopic (exact) mass is 408 g/mol. The van der Waals surface area contributed by atoms with Crippen LogP contribution in [0.3, 0.4) is 0 Å². The molecule has 1 fully saturated rings. The normalized spacial score (nSPS) is 14.6. The van der Waals surface area contributed by atoms with Gasteiger partial charge in [-0.2, -0.15) is 0 Å². The zero-order valence-electron chi connectivity index (χ0n) is 17.2. The molecule has 1 N–H and O–H groups in total.